The van der Waals surface area contributed by atoms with Gasteiger partial charge in [-0.1, -0.05) is 6.07 Å². The average molecular weight is 207 g/mol. The Morgan fingerprint density at radius 3 is 2.93 bits per heavy atom. The van der Waals surface area contributed by atoms with Crippen LogP contribution >= 0.6 is 11.3 Å². The topological polar surface area (TPSA) is 35.2 Å². The molecule has 2 N–H and O–H groups in total. The third-order valence-electron chi connectivity index (χ3n) is 2.25. The van der Waals surface area contributed by atoms with Crippen LogP contribution in [-0.2, 0) is 0 Å². The lowest BCUT2D eigenvalue weighted by Gasteiger charge is -2.04. The van der Waals surface area contributed by atoms with Crippen molar-refractivity contribution in [2.24, 2.45) is 0 Å². The van der Waals surface area contributed by atoms with E-state index in [0.29, 0.717) is 6.61 Å². The van der Waals surface area contributed by atoms with Gasteiger partial charge in [-0.3, -0.25) is 0 Å². The lowest BCUT2D eigenvalue weighted by atomic mass is 10.1. The van der Waals surface area contributed by atoms with E-state index in [0.717, 1.165) is 21.7 Å². The highest BCUT2D eigenvalue weighted by molar-refractivity contribution is 7.23. The molecule has 2 rings (SSSR count). The minimum Gasteiger partial charge on any atom is -0.493 e. The number of hydrogen-bond acceptors (Lipinski definition) is 3. The van der Waals surface area contributed by atoms with E-state index in [1.807, 2.05) is 26.0 Å². The van der Waals surface area contributed by atoms with Crippen LogP contribution in [0.2, 0.25) is 0 Å². The number of nitrogens with two attached hydrogens (primary N) is 1. The molecule has 0 radical (unpaired) electrons. The van der Waals surface area contributed by atoms with Crippen LogP contribution in [0.5, 0.6) is 5.75 Å². The van der Waals surface area contributed by atoms with Crippen molar-refractivity contribution in [3.8, 4) is 5.75 Å². The molecule has 0 fully saturated rings. The first-order valence-electron chi connectivity index (χ1n) is 4.64. The monoisotopic (exact) mass is 207 g/mol. The third-order valence-corrected chi connectivity index (χ3v) is 3.34. The quantitative estimate of drug-likeness (QED) is 0.820. The summed E-state index contributed by atoms with van der Waals surface area (Å²) in [5.74, 6) is 0.940. The second-order valence-corrected chi connectivity index (χ2v) is 4.24. The van der Waals surface area contributed by atoms with Gasteiger partial charge < -0.3 is 10.5 Å². The maximum atomic E-state index is 5.88. The van der Waals surface area contributed by atoms with Gasteiger partial charge in [-0.15, -0.1) is 11.3 Å². The highest BCUT2D eigenvalue weighted by Crippen LogP contribution is 2.38. The van der Waals surface area contributed by atoms with Gasteiger partial charge in [-0.05, 0) is 31.5 Å². The molecule has 0 saturated carbocycles. The summed E-state index contributed by atoms with van der Waals surface area (Å²) in [6.45, 7) is 4.72. The fourth-order valence-electron chi connectivity index (χ4n) is 1.56. The number of thiophene rings is 1. The summed E-state index contributed by atoms with van der Waals surface area (Å²) in [4.78, 5) is 0. The van der Waals surface area contributed by atoms with Gasteiger partial charge in [-0.25, -0.2) is 0 Å². The van der Waals surface area contributed by atoms with Crippen LogP contribution in [-0.4, -0.2) is 6.61 Å². The van der Waals surface area contributed by atoms with Gasteiger partial charge in [0.15, 0.2) is 0 Å². The van der Waals surface area contributed by atoms with Crippen molar-refractivity contribution in [2.45, 2.75) is 13.8 Å². The number of ether oxygens (including phenoxy) is 1. The van der Waals surface area contributed by atoms with E-state index in [1.54, 1.807) is 11.3 Å². The third kappa shape index (κ3) is 1.34. The average Bonchev–Trinajstić information content (AvgIpc) is 2.45. The molecule has 0 aliphatic heterocycles. The van der Waals surface area contributed by atoms with Crippen LogP contribution in [0.25, 0.3) is 10.1 Å². The zero-order chi connectivity index (χ0) is 10.1. The van der Waals surface area contributed by atoms with E-state index in [9.17, 15) is 0 Å². The van der Waals surface area contributed by atoms with E-state index in [2.05, 4.69) is 6.07 Å². The Balaban J connectivity index is 2.71. The summed E-state index contributed by atoms with van der Waals surface area (Å²) < 4.78 is 6.76. The van der Waals surface area contributed by atoms with E-state index in [1.165, 1.54) is 4.70 Å². The number of hydrogen-bond donors (Lipinski definition) is 1. The Morgan fingerprint density at radius 1 is 1.43 bits per heavy atom. The van der Waals surface area contributed by atoms with Crippen molar-refractivity contribution in [3.05, 3.63) is 23.8 Å². The van der Waals surface area contributed by atoms with Crippen molar-refractivity contribution in [1.82, 2.24) is 0 Å². The minimum atomic E-state index is 0.689. The summed E-state index contributed by atoms with van der Waals surface area (Å²) in [5.41, 5.74) is 7.01. The van der Waals surface area contributed by atoms with Gasteiger partial charge in [-0.2, -0.15) is 0 Å². The molecule has 2 nitrogen and oxygen atoms in total. The van der Waals surface area contributed by atoms with Gasteiger partial charge >= 0.3 is 0 Å². The smallest absolute Gasteiger partial charge is 0.128 e. The summed E-state index contributed by atoms with van der Waals surface area (Å²) in [7, 11) is 0. The molecular formula is C11H13NOS. The first-order chi connectivity index (χ1) is 6.74. The van der Waals surface area contributed by atoms with Crippen molar-refractivity contribution >= 4 is 26.4 Å². The van der Waals surface area contributed by atoms with E-state index in [-0.39, 0.29) is 0 Å². The van der Waals surface area contributed by atoms with Crippen molar-refractivity contribution in [1.29, 1.82) is 0 Å². The highest BCUT2D eigenvalue weighted by Gasteiger charge is 2.09. The van der Waals surface area contributed by atoms with Crippen molar-refractivity contribution < 1.29 is 4.74 Å². The standard InChI is InChI=1S/C11H13NOS/c1-3-13-8-5-4-6-9-10(8)7(2)11(12)14-9/h4-6H,3,12H2,1-2H3. The number of fused-ring (bicyclic) bond motifs is 1. The summed E-state index contributed by atoms with van der Waals surface area (Å²) in [6.07, 6.45) is 0. The van der Waals surface area contributed by atoms with Gasteiger partial charge in [0.05, 0.1) is 11.6 Å². The van der Waals surface area contributed by atoms with Gasteiger partial charge in [0.25, 0.3) is 0 Å². The highest BCUT2D eigenvalue weighted by atomic mass is 32.1. The number of anilines is 1. The molecule has 0 saturated heterocycles. The molecule has 0 bridgehead atoms. The van der Waals surface area contributed by atoms with Crippen LogP contribution in [0.1, 0.15) is 12.5 Å². The van der Waals surface area contributed by atoms with E-state index >= 15 is 0 Å². The zero-order valence-corrected chi connectivity index (χ0v) is 9.15. The molecule has 1 heterocycles. The Kier molecular flexibility index (Phi) is 2.33. The number of nitrogen functional groups attached to an aromatic ring is 1. The molecule has 74 valence electrons. The molecule has 0 aliphatic rings. The first kappa shape index (κ1) is 9.34. The fraction of sp³-hybridized carbons (Fsp3) is 0.273. The Labute approximate surface area is 87.3 Å². The Bertz CT molecular complexity index is 462. The predicted molar refractivity (Wildman–Crippen MR) is 62.1 cm³/mol. The Morgan fingerprint density at radius 2 is 2.21 bits per heavy atom. The summed E-state index contributed by atoms with van der Waals surface area (Å²) in [5, 5.41) is 2.05. The van der Waals surface area contributed by atoms with Crippen LogP contribution in [0.15, 0.2) is 18.2 Å². The van der Waals surface area contributed by atoms with Gasteiger partial charge in [0, 0.05) is 10.1 Å². The van der Waals surface area contributed by atoms with Gasteiger partial charge in [0.1, 0.15) is 5.75 Å². The molecule has 0 amide bonds. The second kappa shape index (κ2) is 3.50. The molecule has 3 heteroatoms. The lowest BCUT2D eigenvalue weighted by Crippen LogP contribution is -1.92. The Hall–Kier alpha value is -1.22. The number of rotatable bonds is 2. The predicted octanol–water partition coefficient (Wildman–Crippen LogP) is 3.19. The minimum absolute atomic E-state index is 0.689. The molecule has 0 aliphatic carbocycles. The largest absolute Gasteiger partial charge is 0.493 e. The van der Waals surface area contributed by atoms with Crippen LogP contribution in [0.3, 0.4) is 0 Å². The fourth-order valence-corrected chi connectivity index (χ4v) is 2.55. The normalized spacial score (nSPS) is 10.7. The van der Waals surface area contributed by atoms with Crippen molar-refractivity contribution in [2.75, 3.05) is 12.3 Å². The van der Waals surface area contributed by atoms with Crippen LogP contribution in [0, 0.1) is 6.92 Å². The van der Waals surface area contributed by atoms with Crippen LogP contribution in [0.4, 0.5) is 5.00 Å². The maximum absolute atomic E-state index is 5.88. The molecule has 0 atom stereocenters. The number of benzene rings is 1. The van der Waals surface area contributed by atoms with Crippen LogP contribution < -0.4 is 10.5 Å². The molecule has 2 aromatic rings. The summed E-state index contributed by atoms with van der Waals surface area (Å²) >= 11 is 1.62. The maximum Gasteiger partial charge on any atom is 0.128 e. The second-order valence-electron chi connectivity index (χ2n) is 3.15. The molecule has 1 aromatic heterocycles. The first-order valence-corrected chi connectivity index (χ1v) is 5.46. The van der Waals surface area contributed by atoms with Gasteiger partial charge in [0.2, 0.25) is 0 Å². The molecule has 0 unspecified atom stereocenters. The van der Waals surface area contributed by atoms with Crippen molar-refractivity contribution in [3.63, 3.8) is 0 Å². The SMILES string of the molecule is CCOc1cccc2sc(N)c(C)c12. The van der Waals surface area contributed by atoms with E-state index in [4.69, 9.17) is 10.5 Å². The molecule has 14 heavy (non-hydrogen) atoms. The molecule has 1 aromatic carbocycles. The molecule has 0 spiro atoms. The summed E-state index contributed by atoms with van der Waals surface area (Å²) in [6, 6.07) is 6.07. The lowest BCUT2D eigenvalue weighted by molar-refractivity contribution is 0.344. The number of aryl methyl sites for hydroxylation is 1. The zero-order valence-electron chi connectivity index (χ0n) is 8.33. The van der Waals surface area contributed by atoms with E-state index < -0.39 is 0 Å². The molecular weight excluding hydrogens is 194 g/mol.